The molecule has 4 rings (SSSR count). The van der Waals surface area contributed by atoms with Crippen LogP contribution >= 0.6 is 0 Å². The molecule has 0 radical (unpaired) electrons. The highest BCUT2D eigenvalue weighted by Crippen LogP contribution is 2.46. The van der Waals surface area contributed by atoms with Gasteiger partial charge in [0.1, 0.15) is 6.10 Å². The van der Waals surface area contributed by atoms with E-state index in [1.54, 1.807) is 0 Å². The molecule has 1 heterocycles. The van der Waals surface area contributed by atoms with Crippen LogP contribution in [-0.4, -0.2) is 10.1 Å². The highest BCUT2D eigenvalue weighted by atomic mass is 16.3. The van der Waals surface area contributed by atoms with Crippen molar-refractivity contribution < 1.29 is 5.11 Å². The van der Waals surface area contributed by atoms with Crippen LogP contribution in [0.5, 0.6) is 0 Å². The van der Waals surface area contributed by atoms with Gasteiger partial charge in [0.15, 0.2) is 0 Å². The fraction of sp³-hybridized carbons (Fsp3) is 0.0667. The summed E-state index contributed by atoms with van der Waals surface area (Å²) in [4.78, 5) is 3.40. The van der Waals surface area contributed by atoms with E-state index in [-0.39, 0.29) is 0 Å². The summed E-state index contributed by atoms with van der Waals surface area (Å²) in [6.45, 7) is 0. The molecule has 0 fully saturated rings. The molecule has 1 aromatic heterocycles. The van der Waals surface area contributed by atoms with E-state index in [2.05, 4.69) is 17.1 Å². The minimum atomic E-state index is -0.502. The summed E-state index contributed by atoms with van der Waals surface area (Å²) in [5, 5.41) is 11.5. The average molecular weight is 221 g/mol. The number of aliphatic hydroxyl groups is 1. The summed E-state index contributed by atoms with van der Waals surface area (Å²) < 4.78 is 0. The third-order valence-electron chi connectivity index (χ3n) is 3.54. The lowest BCUT2D eigenvalue weighted by Crippen LogP contribution is -1.93. The van der Waals surface area contributed by atoms with Gasteiger partial charge in [0.2, 0.25) is 0 Å². The number of hydrogen-bond donors (Lipinski definition) is 2. The molecule has 0 spiro atoms. The number of fused-ring (bicyclic) bond motifs is 5. The van der Waals surface area contributed by atoms with Gasteiger partial charge in [0, 0.05) is 22.0 Å². The molecule has 0 saturated carbocycles. The Bertz CT molecular complexity index is 727. The van der Waals surface area contributed by atoms with Gasteiger partial charge in [-0.1, -0.05) is 42.5 Å². The fourth-order valence-electron chi connectivity index (χ4n) is 2.78. The number of hydrogen-bond acceptors (Lipinski definition) is 1. The van der Waals surface area contributed by atoms with Gasteiger partial charge in [-0.05, 0) is 11.6 Å². The number of aliphatic hydroxyl groups excluding tert-OH is 1. The first kappa shape index (κ1) is 9.02. The number of aromatic amines is 1. The summed E-state index contributed by atoms with van der Waals surface area (Å²) in [5.41, 5.74) is 5.29. The standard InChI is InChI=1S/C15H11NO/c17-15-10-6-2-1-5-9(10)14-13(15)11-7-3-4-8-12(11)16-14/h1-8,15-17H. The molecule has 2 N–H and O–H groups in total. The van der Waals surface area contributed by atoms with Crippen molar-refractivity contribution in [2.45, 2.75) is 6.10 Å². The van der Waals surface area contributed by atoms with Crippen molar-refractivity contribution in [3.8, 4) is 11.3 Å². The number of nitrogens with one attached hydrogen (secondary N) is 1. The van der Waals surface area contributed by atoms with Crippen LogP contribution in [0.4, 0.5) is 0 Å². The molecule has 1 atom stereocenters. The number of H-pyrrole nitrogens is 1. The minimum absolute atomic E-state index is 0.502. The normalized spacial score (nSPS) is 17.1. The van der Waals surface area contributed by atoms with E-state index in [9.17, 15) is 5.11 Å². The minimum Gasteiger partial charge on any atom is -0.384 e. The van der Waals surface area contributed by atoms with Gasteiger partial charge in [0.05, 0.1) is 5.69 Å². The van der Waals surface area contributed by atoms with Crippen molar-refractivity contribution in [3.63, 3.8) is 0 Å². The van der Waals surface area contributed by atoms with E-state index in [0.29, 0.717) is 0 Å². The van der Waals surface area contributed by atoms with Crippen molar-refractivity contribution in [1.29, 1.82) is 0 Å². The highest BCUT2D eigenvalue weighted by Gasteiger charge is 2.30. The molecule has 82 valence electrons. The van der Waals surface area contributed by atoms with Gasteiger partial charge in [-0.2, -0.15) is 0 Å². The van der Waals surface area contributed by atoms with Crippen LogP contribution < -0.4 is 0 Å². The van der Waals surface area contributed by atoms with Crippen molar-refractivity contribution in [2.24, 2.45) is 0 Å². The lowest BCUT2D eigenvalue weighted by molar-refractivity contribution is 0.227. The van der Waals surface area contributed by atoms with E-state index in [0.717, 1.165) is 33.3 Å². The number of aromatic nitrogens is 1. The first-order valence-electron chi connectivity index (χ1n) is 5.74. The Labute approximate surface area is 98.5 Å². The lowest BCUT2D eigenvalue weighted by atomic mass is 10.1. The van der Waals surface area contributed by atoms with E-state index in [4.69, 9.17) is 0 Å². The van der Waals surface area contributed by atoms with Crippen molar-refractivity contribution in [3.05, 3.63) is 59.7 Å². The molecule has 2 heteroatoms. The van der Waals surface area contributed by atoms with Crippen molar-refractivity contribution in [1.82, 2.24) is 4.98 Å². The zero-order valence-corrected chi connectivity index (χ0v) is 9.14. The Hall–Kier alpha value is -2.06. The van der Waals surface area contributed by atoms with Crippen molar-refractivity contribution in [2.75, 3.05) is 0 Å². The van der Waals surface area contributed by atoms with E-state index < -0.39 is 6.10 Å². The second-order valence-electron chi connectivity index (χ2n) is 4.45. The number of para-hydroxylation sites is 1. The fourth-order valence-corrected chi connectivity index (χ4v) is 2.78. The van der Waals surface area contributed by atoms with E-state index in [1.807, 2.05) is 36.4 Å². The second-order valence-corrected chi connectivity index (χ2v) is 4.45. The second kappa shape index (κ2) is 2.99. The molecule has 0 saturated heterocycles. The van der Waals surface area contributed by atoms with Crippen LogP contribution in [0.3, 0.4) is 0 Å². The van der Waals surface area contributed by atoms with Gasteiger partial charge >= 0.3 is 0 Å². The average Bonchev–Trinajstić information content (AvgIpc) is 2.88. The maximum absolute atomic E-state index is 10.4. The van der Waals surface area contributed by atoms with Gasteiger partial charge in [-0.3, -0.25) is 0 Å². The van der Waals surface area contributed by atoms with Gasteiger partial charge < -0.3 is 10.1 Å². The Kier molecular flexibility index (Phi) is 1.59. The molecule has 0 bridgehead atoms. The summed E-state index contributed by atoms with van der Waals surface area (Å²) in [5.74, 6) is 0. The Morgan fingerprint density at radius 2 is 1.71 bits per heavy atom. The van der Waals surface area contributed by atoms with Crippen molar-refractivity contribution >= 4 is 10.9 Å². The first-order chi connectivity index (χ1) is 8.36. The van der Waals surface area contributed by atoms with E-state index >= 15 is 0 Å². The molecule has 0 amide bonds. The molecular formula is C15H11NO. The summed E-state index contributed by atoms with van der Waals surface area (Å²) in [7, 11) is 0. The summed E-state index contributed by atoms with van der Waals surface area (Å²) >= 11 is 0. The Balaban J connectivity index is 2.15. The molecule has 1 aliphatic carbocycles. The van der Waals surface area contributed by atoms with Crippen LogP contribution in [0.2, 0.25) is 0 Å². The topological polar surface area (TPSA) is 36.0 Å². The molecule has 3 aromatic rings. The largest absolute Gasteiger partial charge is 0.384 e. The zero-order chi connectivity index (χ0) is 11.4. The molecule has 0 aliphatic heterocycles. The number of rotatable bonds is 0. The predicted octanol–water partition coefficient (Wildman–Crippen LogP) is 3.23. The van der Waals surface area contributed by atoms with Gasteiger partial charge in [-0.25, -0.2) is 0 Å². The highest BCUT2D eigenvalue weighted by molar-refractivity contribution is 5.95. The predicted molar refractivity (Wildman–Crippen MR) is 67.8 cm³/mol. The maximum atomic E-state index is 10.4. The molecule has 1 aliphatic rings. The van der Waals surface area contributed by atoms with Crippen LogP contribution in [0, 0.1) is 0 Å². The van der Waals surface area contributed by atoms with Crippen LogP contribution in [0.15, 0.2) is 48.5 Å². The molecular weight excluding hydrogens is 210 g/mol. The molecule has 1 unspecified atom stereocenters. The summed E-state index contributed by atoms with van der Waals surface area (Å²) in [6.07, 6.45) is -0.502. The molecule has 2 nitrogen and oxygen atoms in total. The first-order valence-corrected chi connectivity index (χ1v) is 5.74. The monoisotopic (exact) mass is 221 g/mol. The smallest absolute Gasteiger partial charge is 0.107 e. The van der Waals surface area contributed by atoms with Crippen LogP contribution in [-0.2, 0) is 0 Å². The Morgan fingerprint density at radius 1 is 0.941 bits per heavy atom. The molecule has 17 heavy (non-hydrogen) atoms. The molecule has 2 aromatic carbocycles. The van der Waals surface area contributed by atoms with Gasteiger partial charge in [0.25, 0.3) is 0 Å². The van der Waals surface area contributed by atoms with Gasteiger partial charge in [-0.15, -0.1) is 0 Å². The number of benzene rings is 2. The van der Waals surface area contributed by atoms with Crippen LogP contribution in [0.25, 0.3) is 22.2 Å². The lowest BCUT2D eigenvalue weighted by Gasteiger charge is -2.05. The summed E-state index contributed by atoms with van der Waals surface area (Å²) in [6, 6.07) is 16.1. The van der Waals surface area contributed by atoms with E-state index in [1.165, 1.54) is 0 Å². The third kappa shape index (κ3) is 1.03. The maximum Gasteiger partial charge on any atom is 0.107 e. The zero-order valence-electron chi connectivity index (χ0n) is 9.14. The van der Waals surface area contributed by atoms with Crippen LogP contribution in [0.1, 0.15) is 17.2 Å². The SMILES string of the molecule is OC1c2ccccc2-c2[nH]c3ccccc3c21. The third-order valence-corrected chi connectivity index (χ3v) is 3.54. The quantitative estimate of drug-likeness (QED) is 0.600. The Morgan fingerprint density at radius 3 is 2.65 bits per heavy atom.